The molecule has 16 heavy (non-hydrogen) atoms. The Hall–Kier alpha value is -0.410. The summed E-state index contributed by atoms with van der Waals surface area (Å²) in [5.41, 5.74) is 1.06. The minimum Gasteiger partial charge on any atom is -0.317 e. The van der Waals surface area contributed by atoms with Crippen LogP contribution in [0.15, 0.2) is 22.7 Å². The first kappa shape index (κ1) is 13.7. The highest BCUT2D eigenvalue weighted by molar-refractivity contribution is 9.10. The van der Waals surface area contributed by atoms with Gasteiger partial charge in [0.15, 0.2) is 0 Å². The summed E-state index contributed by atoms with van der Waals surface area (Å²) in [6, 6.07) is 5.60. The molecule has 1 N–H and O–H groups in total. The number of hydrogen-bond donors (Lipinski definition) is 1. The lowest BCUT2D eigenvalue weighted by Gasteiger charge is -2.16. The van der Waals surface area contributed by atoms with Crippen molar-refractivity contribution in [3.63, 3.8) is 0 Å². The molecule has 1 aromatic rings. The Morgan fingerprint density at radius 3 is 2.56 bits per heavy atom. The Morgan fingerprint density at radius 1 is 1.31 bits per heavy atom. The molecule has 0 radical (unpaired) electrons. The molecule has 0 aliphatic carbocycles. The van der Waals surface area contributed by atoms with Crippen molar-refractivity contribution in [3.8, 4) is 0 Å². The van der Waals surface area contributed by atoms with Crippen molar-refractivity contribution in [2.24, 2.45) is 5.92 Å². The van der Waals surface area contributed by atoms with Gasteiger partial charge in [-0.1, -0.05) is 22.9 Å². The number of hydrogen-bond acceptors (Lipinski definition) is 1. The van der Waals surface area contributed by atoms with Crippen molar-refractivity contribution < 1.29 is 4.39 Å². The molecule has 0 aliphatic heterocycles. The van der Waals surface area contributed by atoms with E-state index in [0.29, 0.717) is 12.0 Å². The SMILES string of the molecule is CNC(C)CC(C)Cc1cc(F)cc(Br)c1. The van der Waals surface area contributed by atoms with Gasteiger partial charge in [0.1, 0.15) is 5.82 Å². The highest BCUT2D eigenvalue weighted by atomic mass is 79.9. The lowest BCUT2D eigenvalue weighted by molar-refractivity contribution is 0.439. The molecule has 0 saturated heterocycles. The summed E-state index contributed by atoms with van der Waals surface area (Å²) >= 11 is 3.32. The average molecular weight is 288 g/mol. The summed E-state index contributed by atoms with van der Waals surface area (Å²) in [5, 5.41) is 3.22. The fraction of sp³-hybridized carbons (Fsp3) is 0.538. The summed E-state index contributed by atoms with van der Waals surface area (Å²) in [4.78, 5) is 0. The minimum atomic E-state index is -0.168. The molecule has 1 nitrogen and oxygen atoms in total. The van der Waals surface area contributed by atoms with Gasteiger partial charge in [-0.15, -0.1) is 0 Å². The van der Waals surface area contributed by atoms with E-state index >= 15 is 0 Å². The maximum Gasteiger partial charge on any atom is 0.124 e. The Morgan fingerprint density at radius 2 is 2.00 bits per heavy atom. The molecule has 0 bridgehead atoms. The van der Waals surface area contributed by atoms with Crippen LogP contribution in [-0.4, -0.2) is 13.1 Å². The van der Waals surface area contributed by atoms with Crippen molar-refractivity contribution in [2.45, 2.75) is 32.7 Å². The third-order valence-electron chi connectivity index (χ3n) is 2.76. The van der Waals surface area contributed by atoms with Gasteiger partial charge < -0.3 is 5.32 Å². The van der Waals surface area contributed by atoms with Gasteiger partial charge in [-0.3, -0.25) is 0 Å². The van der Waals surface area contributed by atoms with Crippen LogP contribution in [0, 0.1) is 11.7 Å². The van der Waals surface area contributed by atoms with E-state index in [2.05, 4.69) is 35.1 Å². The summed E-state index contributed by atoms with van der Waals surface area (Å²) < 4.78 is 14.0. The van der Waals surface area contributed by atoms with Crippen LogP contribution in [0.2, 0.25) is 0 Å². The van der Waals surface area contributed by atoms with E-state index < -0.39 is 0 Å². The van der Waals surface area contributed by atoms with E-state index in [1.165, 1.54) is 6.07 Å². The summed E-state index contributed by atoms with van der Waals surface area (Å²) in [6.07, 6.45) is 2.02. The number of nitrogens with one attached hydrogen (secondary N) is 1. The third-order valence-corrected chi connectivity index (χ3v) is 3.21. The molecule has 90 valence electrons. The largest absolute Gasteiger partial charge is 0.317 e. The summed E-state index contributed by atoms with van der Waals surface area (Å²) in [6.45, 7) is 4.37. The molecule has 0 saturated carbocycles. The second-order valence-corrected chi connectivity index (χ2v) is 5.43. The van der Waals surface area contributed by atoms with Crippen molar-refractivity contribution in [1.29, 1.82) is 0 Å². The quantitative estimate of drug-likeness (QED) is 0.869. The fourth-order valence-electron chi connectivity index (χ4n) is 1.94. The Labute approximate surface area is 106 Å². The minimum absolute atomic E-state index is 0.168. The molecule has 0 heterocycles. The summed E-state index contributed by atoms with van der Waals surface area (Å²) in [5.74, 6) is 0.384. The highest BCUT2D eigenvalue weighted by Crippen LogP contribution is 2.19. The lowest BCUT2D eigenvalue weighted by atomic mass is 9.95. The average Bonchev–Trinajstić information content (AvgIpc) is 2.15. The van der Waals surface area contributed by atoms with Crippen molar-refractivity contribution in [2.75, 3.05) is 7.05 Å². The van der Waals surface area contributed by atoms with Crippen LogP contribution in [-0.2, 0) is 6.42 Å². The standard InChI is InChI=1S/C13H19BrFN/c1-9(4-10(2)16-3)5-11-6-12(14)8-13(15)7-11/h6-10,16H,4-5H2,1-3H3. The molecule has 1 rings (SSSR count). The molecular formula is C13H19BrFN. The zero-order valence-electron chi connectivity index (χ0n) is 10.1. The molecule has 0 aromatic heterocycles. The number of benzene rings is 1. The Kier molecular flexibility index (Phi) is 5.42. The molecule has 0 amide bonds. The van der Waals surface area contributed by atoms with Gasteiger partial charge in [0.05, 0.1) is 0 Å². The third kappa shape index (κ3) is 4.62. The second-order valence-electron chi connectivity index (χ2n) is 4.51. The molecule has 0 spiro atoms. The van der Waals surface area contributed by atoms with Crippen LogP contribution in [0.25, 0.3) is 0 Å². The summed E-state index contributed by atoms with van der Waals surface area (Å²) in [7, 11) is 1.97. The van der Waals surface area contributed by atoms with Crippen LogP contribution in [0.5, 0.6) is 0 Å². The van der Waals surface area contributed by atoms with Gasteiger partial charge >= 0.3 is 0 Å². The molecular weight excluding hydrogens is 269 g/mol. The smallest absolute Gasteiger partial charge is 0.124 e. The molecule has 2 unspecified atom stereocenters. The van der Waals surface area contributed by atoms with Crippen molar-refractivity contribution in [1.82, 2.24) is 5.32 Å². The molecule has 2 atom stereocenters. The van der Waals surface area contributed by atoms with Gasteiger partial charge in [-0.2, -0.15) is 0 Å². The molecule has 1 aromatic carbocycles. The molecule has 0 fully saturated rings. The van der Waals surface area contributed by atoms with E-state index in [4.69, 9.17) is 0 Å². The van der Waals surface area contributed by atoms with E-state index in [9.17, 15) is 4.39 Å². The van der Waals surface area contributed by atoms with Crippen LogP contribution in [0.3, 0.4) is 0 Å². The van der Waals surface area contributed by atoms with Crippen molar-refractivity contribution >= 4 is 15.9 Å². The Bertz CT molecular complexity index is 320. The van der Waals surface area contributed by atoms with Crippen LogP contribution >= 0.6 is 15.9 Å². The van der Waals surface area contributed by atoms with E-state index in [0.717, 1.165) is 22.9 Å². The fourth-order valence-corrected chi connectivity index (χ4v) is 2.45. The molecule has 3 heteroatoms. The van der Waals surface area contributed by atoms with E-state index in [1.54, 1.807) is 6.07 Å². The predicted octanol–water partition coefficient (Wildman–Crippen LogP) is 3.76. The van der Waals surface area contributed by atoms with Gasteiger partial charge in [-0.25, -0.2) is 4.39 Å². The first-order chi connectivity index (χ1) is 7.51. The van der Waals surface area contributed by atoms with Gasteiger partial charge in [0.2, 0.25) is 0 Å². The zero-order chi connectivity index (χ0) is 12.1. The molecule has 0 aliphatic rings. The normalized spacial score (nSPS) is 14.8. The van der Waals surface area contributed by atoms with Gasteiger partial charge in [0, 0.05) is 10.5 Å². The van der Waals surface area contributed by atoms with E-state index in [1.807, 2.05) is 13.1 Å². The lowest BCUT2D eigenvalue weighted by Crippen LogP contribution is -2.24. The second kappa shape index (κ2) is 6.36. The van der Waals surface area contributed by atoms with Crippen LogP contribution < -0.4 is 5.32 Å². The van der Waals surface area contributed by atoms with Crippen LogP contribution in [0.1, 0.15) is 25.8 Å². The van der Waals surface area contributed by atoms with Crippen LogP contribution in [0.4, 0.5) is 4.39 Å². The predicted molar refractivity (Wildman–Crippen MR) is 70.1 cm³/mol. The van der Waals surface area contributed by atoms with Gasteiger partial charge in [-0.05, 0) is 56.5 Å². The first-order valence-electron chi connectivity index (χ1n) is 5.63. The topological polar surface area (TPSA) is 12.0 Å². The van der Waals surface area contributed by atoms with Gasteiger partial charge in [0.25, 0.3) is 0 Å². The highest BCUT2D eigenvalue weighted by Gasteiger charge is 2.09. The number of halogens is 2. The Balaban J connectivity index is 2.58. The first-order valence-corrected chi connectivity index (χ1v) is 6.42. The monoisotopic (exact) mass is 287 g/mol. The zero-order valence-corrected chi connectivity index (χ0v) is 11.6. The number of rotatable bonds is 5. The maximum absolute atomic E-state index is 13.2. The van der Waals surface area contributed by atoms with Crippen molar-refractivity contribution in [3.05, 3.63) is 34.1 Å². The van der Waals surface area contributed by atoms with E-state index in [-0.39, 0.29) is 5.82 Å². The maximum atomic E-state index is 13.2.